The third-order valence-electron chi connectivity index (χ3n) is 2.60. The van der Waals surface area contributed by atoms with Crippen molar-refractivity contribution in [3.63, 3.8) is 0 Å². The highest BCUT2D eigenvalue weighted by Gasteiger charge is 2.10. The molecule has 0 spiro atoms. The molecule has 0 saturated carbocycles. The number of rotatable bonds is 8. The molecule has 0 radical (unpaired) electrons. The van der Waals surface area contributed by atoms with Crippen LogP contribution in [0.15, 0.2) is 0 Å². The third kappa shape index (κ3) is 6.39. The van der Waals surface area contributed by atoms with Crippen molar-refractivity contribution in [3.8, 4) is 0 Å². The molecule has 0 aliphatic carbocycles. The maximum atomic E-state index is 3.53. The van der Waals surface area contributed by atoms with E-state index in [1.165, 1.54) is 19.4 Å². The molecule has 1 unspecified atom stereocenters. The van der Waals surface area contributed by atoms with Gasteiger partial charge < -0.3 is 10.2 Å². The molecule has 0 saturated heterocycles. The van der Waals surface area contributed by atoms with E-state index >= 15 is 0 Å². The first-order valence-electron chi connectivity index (χ1n) is 6.02. The Labute approximate surface area is 90.1 Å². The number of likely N-dealkylation sites (N-methyl/N-ethyl adjacent to an activating group) is 1. The topological polar surface area (TPSA) is 15.3 Å². The van der Waals surface area contributed by atoms with E-state index in [1.807, 2.05) is 0 Å². The fourth-order valence-corrected chi connectivity index (χ4v) is 1.69. The summed E-state index contributed by atoms with van der Waals surface area (Å²) in [5.74, 6) is 0.754. The minimum Gasteiger partial charge on any atom is -0.315 e. The highest BCUT2D eigenvalue weighted by Crippen LogP contribution is 2.01. The molecule has 0 bridgehead atoms. The first-order valence-corrected chi connectivity index (χ1v) is 6.02. The quantitative estimate of drug-likeness (QED) is 0.647. The van der Waals surface area contributed by atoms with Crippen LogP contribution in [0, 0.1) is 5.92 Å². The average molecular weight is 200 g/mol. The average Bonchev–Trinajstić information content (AvgIpc) is 2.12. The van der Waals surface area contributed by atoms with Crippen LogP contribution in [0.2, 0.25) is 0 Å². The van der Waals surface area contributed by atoms with Crippen molar-refractivity contribution in [1.29, 1.82) is 0 Å². The van der Waals surface area contributed by atoms with Gasteiger partial charge in [-0.15, -0.1) is 0 Å². The van der Waals surface area contributed by atoms with E-state index in [-0.39, 0.29) is 0 Å². The molecule has 86 valence electrons. The molecular weight excluding hydrogens is 172 g/mol. The van der Waals surface area contributed by atoms with Gasteiger partial charge in [0.2, 0.25) is 0 Å². The zero-order chi connectivity index (χ0) is 11.0. The molecule has 0 aliphatic heterocycles. The molecule has 0 aromatic rings. The molecule has 2 nitrogen and oxygen atoms in total. The van der Waals surface area contributed by atoms with Crippen LogP contribution in [0.1, 0.15) is 40.5 Å². The summed E-state index contributed by atoms with van der Waals surface area (Å²) in [4.78, 5) is 2.47. The summed E-state index contributed by atoms with van der Waals surface area (Å²) in [6.45, 7) is 12.5. The molecule has 0 aromatic heterocycles. The van der Waals surface area contributed by atoms with Crippen LogP contribution in [0.3, 0.4) is 0 Å². The Morgan fingerprint density at radius 3 is 2.21 bits per heavy atom. The van der Waals surface area contributed by atoms with Crippen LogP contribution in [0.4, 0.5) is 0 Å². The normalized spacial score (nSPS) is 13.9. The summed E-state index contributed by atoms with van der Waals surface area (Å²) < 4.78 is 0. The first kappa shape index (κ1) is 13.9. The van der Waals surface area contributed by atoms with Crippen LogP contribution >= 0.6 is 0 Å². The lowest BCUT2D eigenvalue weighted by Crippen LogP contribution is -2.40. The summed E-state index contributed by atoms with van der Waals surface area (Å²) in [5.41, 5.74) is 0. The molecule has 14 heavy (non-hydrogen) atoms. The number of nitrogens with one attached hydrogen (secondary N) is 1. The van der Waals surface area contributed by atoms with Gasteiger partial charge in [0.1, 0.15) is 0 Å². The fourth-order valence-electron chi connectivity index (χ4n) is 1.69. The fraction of sp³-hybridized carbons (Fsp3) is 1.00. The summed E-state index contributed by atoms with van der Waals surface area (Å²) in [5, 5.41) is 3.53. The summed E-state index contributed by atoms with van der Waals surface area (Å²) in [6, 6.07) is 0.702. The van der Waals surface area contributed by atoms with Gasteiger partial charge in [-0.05, 0) is 38.9 Å². The summed E-state index contributed by atoms with van der Waals surface area (Å²) in [7, 11) is 2.23. The largest absolute Gasteiger partial charge is 0.315 e. The van der Waals surface area contributed by atoms with Crippen molar-refractivity contribution < 1.29 is 0 Å². The van der Waals surface area contributed by atoms with E-state index < -0.39 is 0 Å². The SMILES string of the molecule is CCCN(C)C(CC)CNCC(C)C. The maximum absolute atomic E-state index is 3.53. The monoisotopic (exact) mass is 200 g/mol. The molecule has 0 amide bonds. The van der Waals surface area contributed by atoms with Crippen molar-refractivity contribution >= 4 is 0 Å². The van der Waals surface area contributed by atoms with Gasteiger partial charge in [0, 0.05) is 12.6 Å². The van der Waals surface area contributed by atoms with Gasteiger partial charge in [-0.3, -0.25) is 0 Å². The van der Waals surface area contributed by atoms with E-state index in [0.717, 1.165) is 19.0 Å². The second kappa shape index (κ2) is 8.25. The molecule has 2 heteroatoms. The van der Waals surface area contributed by atoms with E-state index in [0.29, 0.717) is 6.04 Å². The summed E-state index contributed by atoms with van der Waals surface area (Å²) in [6.07, 6.45) is 2.48. The minimum absolute atomic E-state index is 0.702. The zero-order valence-electron chi connectivity index (χ0n) is 10.6. The molecule has 0 fully saturated rings. The Hall–Kier alpha value is -0.0800. The van der Waals surface area contributed by atoms with E-state index in [4.69, 9.17) is 0 Å². The highest BCUT2D eigenvalue weighted by molar-refractivity contribution is 4.69. The number of hydrogen-bond acceptors (Lipinski definition) is 2. The second-order valence-electron chi connectivity index (χ2n) is 4.59. The van der Waals surface area contributed by atoms with Gasteiger partial charge in [0.05, 0.1) is 0 Å². The van der Waals surface area contributed by atoms with Gasteiger partial charge in [-0.25, -0.2) is 0 Å². The molecule has 0 rings (SSSR count). The van der Waals surface area contributed by atoms with Crippen molar-refractivity contribution in [1.82, 2.24) is 10.2 Å². The van der Waals surface area contributed by atoms with Gasteiger partial charge in [0.25, 0.3) is 0 Å². The van der Waals surface area contributed by atoms with Crippen molar-refractivity contribution in [2.45, 2.75) is 46.6 Å². The lowest BCUT2D eigenvalue weighted by atomic mass is 10.1. The second-order valence-corrected chi connectivity index (χ2v) is 4.59. The van der Waals surface area contributed by atoms with E-state index in [9.17, 15) is 0 Å². The van der Waals surface area contributed by atoms with Crippen LogP contribution in [-0.4, -0.2) is 37.6 Å². The Morgan fingerprint density at radius 2 is 1.79 bits per heavy atom. The lowest BCUT2D eigenvalue weighted by Gasteiger charge is -2.27. The predicted molar refractivity (Wildman–Crippen MR) is 64.7 cm³/mol. The molecule has 1 N–H and O–H groups in total. The Kier molecular flexibility index (Phi) is 8.20. The highest BCUT2D eigenvalue weighted by atomic mass is 15.1. The van der Waals surface area contributed by atoms with Crippen LogP contribution < -0.4 is 5.32 Å². The Balaban J connectivity index is 3.66. The van der Waals surface area contributed by atoms with Crippen molar-refractivity contribution in [2.75, 3.05) is 26.7 Å². The van der Waals surface area contributed by atoms with Gasteiger partial charge in [-0.1, -0.05) is 27.7 Å². The Morgan fingerprint density at radius 1 is 1.14 bits per heavy atom. The van der Waals surface area contributed by atoms with Crippen LogP contribution in [-0.2, 0) is 0 Å². The van der Waals surface area contributed by atoms with E-state index in [1.54, 1.807) is 0 Å². The summed E-state index contributed by atoms with van der Waals surface area (Å²) >= 11 is 0. The van der Waals surface area contributed by atoms with Gasteiger partial charge >= 0.3 is 0 Å². The first-order chi connectivity index (χ1) is 6.61. The van der Waals surface area contributed by atoms with Crippen molar-refractivity contribution in [3.05, 3.63) is 0 Å². The Bertz CT molecular complexity index is 123. The van der Waals surface area contributed by atoms with Crippen LogP contribution in [0.5, 0.6) is 0 Å². The molecular formula is C12H28N2. The standard InChI is InChI=1S/C12H28N2/c1-6-8-14(5)12(7-2)10-13-9-11(3)4/h11-13H,6-10H2,1-5H3. The zero-order valence-corrected chi connectivity index (χ0v) is 10.6. The molecule has 0 aromatic carbocycles. The van der Waals surface area contributed by atoms with Gasteiger partial charge in [-0.2, -0.15) is 0 Å². The van der Waals surface area contributed by atoms with Gasteiger partial charge in [0.15, 0.2) is 0 Å². The van der Waals surface area contributed by atoms with Crippen molar-refractivity contribution in [2.24, 2.45) is 5.92 Å². The molecule has 0 aliphatic rings. The lowest BCUT2D eigenvalue weighted by molar-refractivity contribution is 0.228. The number of hydrogen-bond donors (Lipinski definition) is 1. The minimum atomic E-state index is 0.702. The predicted octanol–water partition coefficient (Wildman–Crippen LogP) is 2.35. The third-order valence-corrected chi connectivity index (χ3v) is 2.60. The smallest absolute Gasteiger partial charge is 0.0214 e. The number of nitrogens with zero attached hydrogens (tertiary/aromatic N) is 1. The molecule has 0 heterocycles. The van der Waals surface area contributed by atoms with E-state index in [2.05, 4.69) is 45.0 Å². The molecule has 1 atom stereocenters. The van der Waals surface area contributed by atoms with Crippen LogP contribution in [0.25, 0.3) is 0 Å². The maximum Gasteiger partial charge on any atom is 0.0214 e.